The molecule has 19 heavy (non-hydrogen) atoms. The number of rotatable bonds is 5. The first-order chi connectivity index (χ1) is 9.20. The second-order valence-electron chi connectivity index (χ2n) is 4.06. The molecular weight excluding hydrogens is 244 g/mol. The van der Waals surface area contributed by atoms with Crippen LogP contribution in [-0.2, 0) is 13.2 Å². The Morgan fingerprint density at radius 3 is 2.47 bits per heavy atom. The Labute approximate surface area is 110 Å². The summed E-state index contributed by atoms with van der Waals surface area (Å²) in [6, 6.07) is 13.9. The van der Waals surface area contributed by atoms with Crippen molar-refractivity contribution in [3.8, 4) is 5.75 Å². The third kappa shape index (κ3) is 3.33. The summed E-state index contributed by atoms with van der Waals surface area (Å²) in [5.41, 5.74) is 1.40. The molecule has 4 nitrogen and oxygen atoms in total. The fourth-order valence-electron chi connectivity index (χ4n) is 1.75. The molecule has 2 aromatic carbocycles. The maximum atomic E-state index is 11.1. The summed E-state index contributed by atoms with van der Waals surface area (Å²) >= 11 is 0. The number of carboxylic acid groups (broad SMARTS) is 1. The van der Waals surface area contributed by atoms with Crippen molar-refractivity contribution >= 4 is 5.97 Å². The molecule has 0 saturated carbocycles. The summed E-state index contributed by atoms with van der Waals surface area (Å²) in [4.78, 5) is 11.1. The number of benzene rings is 2. The van der Waals surface area contributed by atoms with E-state index in [0.29, 0.717) is 16.9 Å². The molecule has 2 rings (SSSR count). The van der Waals surface area contributed by atoms with E-state index >= 15 is 0 Å². The van der Waals surface area contributed by atoms with E-state index in [1.54, 1.807) is 24.3 Å². The topological polar surface area (TPSA) is 66.8 Å². The van der Waals surface area contributed by atoms with E-state index < -0.39 is 5.97 Å². The Kier molecular flexibility index (Phi) is 4.15. The first kappa shape index (κ1) is 13.1. The molecule has 2 N–H and O–H groups in total. The number of ether oxygens (including phenoxy) is 1. The third-order valence-corrected chi connectivity index (χ3v) is 2.72. The van der Waals surface area contributed by atoms with Crippen LogP contribution < -0.4 is 4.74 Å². The lowest BCUT2D eigenvalue weighted by atomic mass is 10.0. The molecule has 2 aromatic rings. The third-order valence-electron chi connectivity index (χ3n) is 2.72. The largest absolute Gasteiger partial charge is 0.489 e. The minimum absolute atomic E-state index is 0.127. The summed E-state index contributed by atoms with van der Waals surface area (Å²) < 4.78 is 5.54. The molecule has 0 aliphatic heterocycles. The van der Waals surface area contributed by atoms with Crippen LogP contribution in [0.3, 0.4) is 0 Å². The van der Waals surface area contributed by atoms with Gasteiger partial charge in [0.05, 0.1) is 12.2 Å². The van der Waals surface area contributed by atoms with Crippen LogP contribution in [0.2, 0.25) is 0 Å². The first-order valence-corrected chi connectivity index (χ1v) is 5.84. The minimum atomic E-state index is -1.00. The molecule has 0 aliphatic rings. The zero-order valence-electron chi connectivity index (χ0n) is 10.2. The first-order valence-electron chi connectivity index (χ1n) is 5.84. The summed E-state index contributed by atoms with van der Waals surface area (Å²) in [5, 5.41) is 18.2. The molecule has 0 fully saturated rings. The second kappa shape index (κ2) is 6.02. The average molecular weight is 258 g/mol. The van der Waals surface area contributed by atoms with Crippen molar-refractivity contribution in [1.29, 1.82) is 0 Å². The molecule has 0 radical (unpaired) electrons. The number of aromatic carboxylic acids is 1. The molecule has 4 heteroatoms. The Bertz CT molecular complexity index is 564. The van der Waals surface area contributed by atoms with Crippen LogP contribution in [0.5, 0.6) is 5.75 Å². The molecule has 0 aliphatic carbocycles. The molecule has 0 heterocycles. The standard InChI is InChI=1S/C15H14O4/c16-9-11-6-7-14(15(17)18)12(8-11)10-19-13-4-2-1-3-5-13/h1-8,16H,9-10H2,(H,17,18). The summed E-state index contributed by atoms with van der Waals surface area (Å²) in [5.74, 6) is -0.329. The maximum Gasteiger partial charge on any atom is 0.336 e. The number of aliphatic hydroxyl groups is 1. The van der Waals surface area contributed by atoms with Gasteiger partial charge in [0.15, 0.2) is 0 Å². The number of para-hydroxylation sites is 1. The van der Waals surface area contributed by atoms with E-state index in [2.05, 4.69) is 0 Å². The zero-order valence-corrected chi connectivity index (χ0v) is 10.2. The average Bonchev–Trinajstić information content (AvgIpc) is 2.45. The number of hydrogen-bond acceptors (Lipinski definition) is 3. The normalized spacial score (nSPS) is 10.2. The molecule has 0 amide bonds. The molecule has 98 valence electrons. The van der Waals surface area contributed by atoms with Crippen LogP contribution in [0.25, 0.3) is 0 Å². The second-order valence-corrected chi connectivity index (χ2v) is 4.06. The van der Waals surface area contributed by atoms with Crippen molar-refractivity contribution < 1.29 is 19.7 Å². The van der Waals surface area contributed by atoms with E-state index in [1.807, 2.05) is 18.2 Å². The van der Waals surface area contributed by atoms with Crippen LogP contribution in [0, 0.1) is 0 Å². The van der Waals surface area contributed by atoms with Gasteiger partial charge in [-0.1, -0.05) is 24.3 Å². The fourth-order valence-corrected chi connectivity index (χ4v) is 1.75. The number of carbonyl (C=O) groups is 1. The Morgan fingerprint density at radius 2 is 1.84 bits per heavy atom. The molecule has 0 aromatic heterocycles. The predicted octanol–water partition coefficient (Wildman–Crippen LogP) is 2.46. The quantitative estimate of drug-likeness (QED) is 0.864. The van der Waals surface area contributed by atoms with Gasteiger partial charge in [0.25, 0.3) is 0 Å². The van der Waals surface area contributed by atoms with Crippen molar-refractivity contribution in [1.82, 2.24) is 0 Å². The van der Waals surface area contributed by atoms with Crippen LogP contribution in [0.4, 0.5) is 0 Å². The highest BCUT2D eigenvalue weighted by Gasteiger charge is 2.11. The summed E-state index contributed by atoms with van der Waals surface area (Å²) in [7, 11) is 0. The molecule has 0 atom stereocenters. The Balaban J connectivity index is 2.20. The fraction of sp³-hybridized carbons (Fsp3) is 0.133. The Hall–Kier alpha value is -2.33. The molecule has 0 spiro atoms. The van der Waals surface area contributed by atoms with Gasteiger partial charge in [0.2, 0.25) is 0 Å². The molecular formula is C15H14O4. The Morgan fingerprint density at radius 1 is 1.11 bits per heavy atom. The highest BCUT2D eigenvalue weighted by molar-refractivity contribution is 5.89. The lowest BCUT2D eigenvalue weighted by molar-refractivity contribution is 0.0694. The van der Waals surface area contributed by atoms with Crippen LogP contribution in [0.15, 0.2) is 48.5 Å². The molecule has 0 saturated heterocycles. The number of carboxylic acids is 1. The molecule has 0 bridgehead atoms. The van der Waals surface area contributed by atoms with Crippen molar-refractivity contribution in [3.63, 3.8) is 0 Å². The zero-order chi connectivity index (χ0) is 13.7. The SMILES string of the molecule is O=C(O)c1ccc(CO)cc1COc1ccccc1. The van der Waals surface area contributed by atoms with Crippen LogP contribution >= 0.6 is 0 Å². The van der Waals surface area contributed by atoms with Crippen LogP contribution in [0.1, 0.15) is 21.5 Å². The number of hydrogen-bond donors (Lipinski definition) is 2. The van der Waals surface area contributed by atoms with Gasteiger partial charge in [0.1, 0.15) is 12.4 Å². The predicted molar refractivity (Wildman–Crippen MR) is 70.1 cm³/mol. The lowest BCUT2D eigenvalue weighted by Crippen LogP contribution is -2.06. The monoisotopic (exact) mass is 258 g/mol. The molecule has 0 unspecified atom stereocenters. The number of aliphatic hydroxyl groups excluding tert-OH is 1. The van der Waals surface area contributed by atoms with Crippen molar-refractivity contribution in [2.45, 2.75) is 13.2 Å². The van der Waals surface area contributed by atoms with Crippen molar-refractivity contribution in [3.05, 3.63) is 65.2 Å². The van der Waals surface area contributed by atoms with Crippen molar-refractivity contribution in [2.75, 3.05) is 0 Å². The van der Waals surface area contributed by atoms with Gasteiger partial charge in [0, 0.05) is 5.56 Å². The van der Waals surface area contributed by atoms with E-state index in [0.717, 1.165) is 0 Å². The van der Waals surface area contributed by atoms with Gasteiger partial charge >= 0.3 is 5.97 Å². The van der Waals surface area contributed by atoms with E-state index in [-0.39, 0.29) is 18.8 Å². The van der Waals surface area contributed by atoms with Gasteiger partial charge in [-0.2, -0.15) is 0 Å². The van der Waals surface area contributed by atoms with Gasteiger partial charge in [-0.3, -0.25) is 0 Å². The highest BCUT2D eigenvalue weighted by Crippen LogP contribution is 2.16. The van der Waals surface area contributed by atoms with E-state index in [1.165, 1.54) is 6.07 Å². The summed E-state index contributed by atoms with van der Waals surface area (Å²) in [6.07, 6.45) is 0. The van der Waals surface area contributed by atoms with Gasteiger partial charge in [-0.15, -0.1) is 0 Å². The summed E-state index contributed by atoms with van der Waals surface area (Å²) in [6.45, 7) is 0.0255. The lowest BCUT2D eigenvalue weighted by Gasteiger charge is -2.10. The highest BCUT2D eigenvalue weighted by atomic mass is 16.5. The minimum Gasteiger partial charge on any atom is -0.489 e. The van der Waals surface area contributed by atoms with E-state index in [9.17, 15) is 4.79 Å². The van der Waals surface area contributed by atoms with Gasteiger partial charge < -0.3 is 14.9 Å². The smallest absolute Gasteiger partial charge is 0.336 e. The van der Waals surface area contributed by atoms with Gasteiger partial charge in [-0.25, -0.2) is 4.79 Å². The van der Waals surface area contributed by atoms with Crippen molar-refractivity contribution in [2.24, 2.45) is 0 Å². The van der Waals surface area contributed by atoms with Crippen LogP contribution in [-0.4, -0.2) is 16.2 Å². The van der Waals surface area contributed by atoms with Gasteiger partial charge in [-0.05, 0) is 29.8 Å². The van der Waals surface area contributed by atoms with E-state index in [4.69, 9.17) is 14.9 Å². The maximum absolute atomic E-state index is 11.1.